The molecule has 0 aliphatic rings. The monoisotopic (exact) mass is 200 g/mol. The first-order valence-electron chi connectivity index (χ1n) is 5.29. The standard InChI is InChI=1S/C13H16N2/c1-9(2)5-10-3-4-11-8-15-13(14)7-12(11)6-10/h3-4,6-9H,5H2,1-2H3,(H2,14,15). The lowest BCUT2D eigenvalue weighted by Crippen LogP contribution is -1.94. The summed E-state index contributed by atoms with van der Waals surface area (Å²) in [6.07, 6.45) is 2.93. The summed E-state index contributed by atoms with van der Waals surface area (Å²) >= 11 is 0. The number of fused-ring (bicyclic) bond motifs is 1. The Morgan fingerprint density at radius 3 is 2.73 bits per heavy atom. The average molecular weight is 200 g/mol. The van der Waals surface area contributed by atoms with Gasteiger partial charge in [-0.25, -0.2) is 4.98 Å². The molecule has 0 saturated heterocycles. The van der Waals surface area contributed by atoms with E-state index in [-0.39, 0.29) is 0 Å². The lowest BCUT2D eigenvalue weighted by Gasteiger charge is -2.06. The highest BCUT2D eigenvalue weighted by Gasteiger charge is 2.00. The van der Waals surface area contributed by atoms with Crippen LogP contribution in [0.25, 0.3) is 10.8 Å². The van der Waals surface area contributed by atoms with Crippen molar-refractivity contribution in [2.75, 3.05) is 5.73 Å². The second-order valence-electron chi connectivity index (χ2n) is 4.39. The third kappa shape index (κ3) is 2.27. The molecule has 0 unspecified atom stereocenters. The van der Waals surface area contributed by atoms with E-state index in [0.717, 1.165) is 11.8 Å². The fourth-order valence-corrected chi connectivity index (χ4v) is 1.81. The van der Waals surface area contributed by atoms with Crippen molar-refractivity contribution in [3.05, 3.63) is 36.0 Å². The van der Waals surface area contributed by atoms with Gasteiger partial charge < -0.3 is 5.73 Å². The molecular weight excluding hydrogens is 184 g/mol. The van der Waals surface area contributed by atoms with Crippen LogP contribution in [0.15, 0.2) is 30.5 Å². The van der Waals surface area contributed by atoms with Crippen molar-refractivity contribution in [2.24, 2.45) is 5.92 Å². The summed E-state index contributed by atoms with van der Waals surface area (Å²) in [6, 6.07) is 8.41. The van der Waals surface area contributed by atoms with Crippen LogP contribution in [0, 0.1) is 5.92 Å². The van der Waals surface area contributed by atoms with Gasteiger partial charge in [0, 0.05) is 11.6 Å². The molecule has 0 aliphatic carbocycles. The minimum atomic E-state index is 0.587. The minimum Gasteiger partial charge on any atom is -0.384 e. The molecule has 15 heavy (non-hydrogen) atoms. The first-order valence-corrected chi connectivity index (χ1v) is 5.29. The van der Waals surface area contributed by atoms with Crippen LogP contribution in [-0.4, -0.2) is 4.98 Å². The Bertz CT molecular complexity index is 475. The van der Waals surface area contributed by atoms with Crippen LogP contribution in [0.1, 0.15) is 19.4 Å². The fourth-order valence-electron chi connectivity index (χ4n) is 1.81. The highest BCUT2D eigenvalue weighted by Crippen LogP contribution is 2.18. The Morgan fingerprint density at radius 2 is 2.00 bits per heavy atom. The zero-order valence-electron chi connectivity index (χ0n) is 9.20. The van der Waals surface area contributed by atoms with Gasteiger partial charge in [0.15, 0.2) is 0 Å². The Hall–Kier alpha value is -1.57. The van der Waals surface area contributed by atoms with Crippen LogP contribution in [0.3, 0.4) is 0 Å². The Labute approximate surface area is 90.1 Å². The summed E-state index contributed by atoms with van der Waals surface area (Å²) in [5.74, 6) is 1.27. The quantitative estimate of drug-likeness (QED) is 0.809. The summed E-state index contributed by atoms with van der Waals surface area (Å²) in [7, 11) is 0. The number of benzene rings is 1. The molecule has 78 valence electrons. The van der Waals surface area contributed by atoms with E-state index in [9.17, 15) is 0 Å². The van der Waals surface area contributed by atoms with Crippen LogP contribution in [-0.2, 0) is 6.42 Å². The molecule has 2 aromatic rings. The van der Waals surface area contributed by atoms with E-state index in [0.29, 0.717) is 11.7 Å². The van der Waals surface area contributed by atoms with Crippen molar-refractivity contribution < 1.29 is 0 Å². The molecule has 1 aromatic heterocycles. The predicted molar refractivity (Wildman–Crippen MR) is 64.7 cm³/mol. The zero-order valence-corrected chi connectivity index (χ0v) is 9.20. The van der Waals surface area contributed by atoms with Crippen molar-refractivity contribution in [3.63, 3.8) is 0 Å². The van der Waals surface area contributed by atoms with Gasteiger partial charge in [0.2, 0.25) is 0 Å². The molecule has 1 heterocycles. The van der Waals surface area contributed by atoms with Gasteiger partial charge in [-0.1, -0.05) is 32.0 Å². The average Bonchev–Trinajstić information content (AvgIpc) is 2.16. The molecule has 2 heteroatoms. The molecule has 0 radical (unpaired) electrons. The van der Waals surface area contributed by atoms with E-state index >= 15 is 0 Å². The lowest BCUT2D eigenvalue weighted by atomic mass is 10.0. The lowest BCUT2D eigenvalue weighted by molar-refractivity contribution is 0.648. The number of aromatic nitrogens is 1. The second-order valence-corrected chi connectivity index (χ2v) is 4.39. The van der Waals surface area contributed by atoms with E-state index in [1.54, 1.807) is 0 Å². The van der Waals surface area contributed by atoms with Crippen LogP contribution in [0.2, 0.25) is 0 Å². The number of nitrogen functional groups attached to an aromatic ring is 1. The van der Waals surface area contributed by atoms with Gasteiger partial charge in [0.05, 0.1) is 0 Å². The number of pyridine rings is 1. The van der Waals surface area contributed by atoms with Crippen molar-refractivity contribution >= 4 is 16.6 Å². The fraction of sp³-hybridized carbons (Fsp3) is 0.308. The van der Waals surface area contributed by atoms with Gasteiger partial charge in [-0.05, 0) is 29.4 Å². The first-order chi connectivity index (χ1) is 7.15. The number of hydrogen-bond acceptors (Lipinski definition) is 2. The van der Waals surface area contributed by atoms with Gasteiger partial charge in [0.1, 0.15) is 5.82 Å². The topological polar surface area (TPSA) is 38.9 Å². The maximum absolute atomic E-state index is 5.66. The molecule has 2 nitrogen and oxygen atoms in total. The van der Waals surface area contributed by atoms with Gasteiger partial charge in [-0.15, -0.1) is 0 Å². The normalized spacial score (nSPS) is 11.1. The van der Waals surface area contributed by atoms with Crippen molar-refractivity contribution in [1.82, 2.24) is 4.98 Å². The molecule has 2 rings (SSSR count). The highest BCUT2D eigenvalue weighted by atomic mass is 14.8. The van der Waals surface area contributed by atoms with Gasteiger partial charge in [-0.3, -0.25) is 0 Å². The number of nitrogens with two attached hydrogens (primary N) is 1. The van der Waals surface area contributed by atoms with Crippen LogP contribution >= 0.6 is 0 Å². The van der Waals surface area contributed by atoms with E-state index in [1.165, 1.54) is 10.9 Å². The molecule has 2 N–H and O–H groups in total. The molecular formula is C13H16N2. The minimum absolute atomic E-state index is 0.587. The molecule has 0 bridgehead atoms. The third-order valence-corrected chi connectivity index (χ3v) is 2.45. The molecule has 0 saturated carbocycles. The summed E-state index contributed by atoms with van der Waals surface area (Å²) < 4.78 is 0. The molecule has 0 fully saturated rings. The number of anilines is 1. The van der Waals surface area contributed by atoms with E-state index < -0.39 is 0 Å². The molecule has 1 aromatic carbocycles. The van der Waals surface area contributed by atoms with Gasteiger partial charge >= 0.3 is 0 Å². The Morgan fingerprint density at radius 1 is 1.20 bits per heavy atom. The van der Waals surface area contributed by atoms with Crippen LogP contribution < -0.4 is 5.73 Å². The zero-order chi connectivity index (χ0) is 10.8. The highest BCUT2D eigenvalue weighted by molar-refractivity contribution is 5.84. The molecule has 0 aliphatic heterocycles. The van der Waals surface area contributed by atoms with Gasteiger partial charge in [-0.2, -0.15) is 0 Å². The van der Waals surface area contributed by atoms with Gasteiger partial charge in [0.25, 0.3) is 0 Å². The predicted octanol–water partition coefficient (Wildman–Crippen LogP) is 3.02. The number of hydrogen-bond donors (Lipinski definition) is 1. The van der Waals surface area contributed by atoms with E-state index in [4.69, 9.17) is 5.73 Å². The largest absolute Gasteiger partial charge is 0.384 e. The first kappa shape index (κ1) is 9.97. The summed E-state index contributed by atoms with van der Waals surface area (Å²) in [6.45, 7) is 4.45. The van der Waals surface area contributed by atoms with Crippen LogP contribution in [0.4, 0.5) is 5.82 Å². The molecule has 0 amide bonds. The third-order valence-electron chi connectivity index (χ3n) is 2.45. The number of rotatable bonds is 2. The summed E-state index contributed by atoms with van der Waals surface area (Å²) in [5.41, 5.74) is 7.03. The van der Waals surface area contributed by atoms with Crippen molar-refractivity contribution in [2.45, 2.75) is 20.3 Å². The summed E-state index contributed by atoms with van der Waals surface area (Å²) in [4.78, 5) is 4.08. The number of nitrogens with zero attached hydrogens (tertiary/aromatic N) is 1. The van der Waals surface area contributed by atoms with Crippen LogP contribution in [0.5, 0.6) is 0 Å². The summed E-state index contributed by atoms with van der Waals surface area (Å²) in [5, 5.41) is 2.33. The molecule has 0 spiro atoms. The maximum atomic E-state index is 5.66. The van der Waals surface area contributed by atoms with Crippen molar-refractivity contribution in [1.29, 1.82) is 0 Å². The maximum Gasteiger partial charge on any atom is 0.123 e. The Kier molecular flexibility index (Phi) is 2.58. The molecule has 0 atom stereocenters. The Balaban J connectivity index is 2.45. The van der Waals surface area contributed by atoms with Crippen molar-refractivity contribution in [3.8, 4) is 0 Å². The van der Waals surface area contributed by atoms with E-state index in [2.05, 4.69) is 37.0 Å². The van der Waals surface area contributed by atoms with E-state index in [1.807, 2.05) is 12.3 Å². The second kappa shape index (κ2) is 3.89. The smallest absolute Gasteiger partial charge is 0.123 e. The SMILES string of the molecule is CC(C)Cc1ccc2cnc(N)cc2c1.